The van der Waals surface area contributed by atoms with E-state index in [9.17, 15) is 8.78 Å². The number of aromatic nitrogens is 5. The summed E-state index contributed by atoms with van der Waals surface area (Å²) >= 11 is 1.58. The monoisotopic (exact) mass is 448 g/mol. The van der Waals surface area contributed by atoms with Gasteiger partial charge in [-0.05, 0) is 36.6 Å². The van der Waals surface area contributed by atoms with E-state index in [0.29, 0.717) is 28.8 Å². The van der Waals surface area contributed by atoms with Crippen LogP contribution in [0.15, 0.2) is 60.1 Å². The standard InChI is InChI=1S/C23H18F2N6S/c1-14-19(25)21(27-12-16-7-5-11-32-16)29-22(28-14)20-17-8-4-10-26-23(17)31(30-20)13-15-6-2-3-9-18(15)24/h2-11H,12-13H2,1H3,(H,27,28,29). The van der Waals surface area contributed by atoms with E-state index >= 15 is 0 Å². The summed E-state index contributed by atoms with van der Waals surface area (Å²) in [4.78, 5) is 14.2. The molecular weight excluding hydrogens is 430 g/mol. The lowest BCUT2D eigenvalue weighted by Gasteiger charge is -2.09. The molecule has 0 spiro atoms. The van der Waals surface area contributed by atoms with E-state index in [4.69, 9.17) is 0 Å². The number of aryl methyl sites for hydroxylation is 1. The van der Waals surface area contributed by atoms with Crippen molar-refractivity contribution in [2.75, 3.05) is 5.32 Å². The van der Waals surface area contributed by atoms with Gasteiger partial charge in [0.05, 0.1) is 24.2 Å². The molecule has 0 amide bonds. The topological polar surface area (TPSA) is 68.5 Å². The maximum absolute atomic E-state index is 14.7. The van der Waals surface area contributed by atoms with Crippen LogP contribution in [0.3, 0.4) is 0 Å². The number of anilines is 1. The molecule has 32 heavy (non-hydrogen) atoms. The van der Waals surface area contributed by atoms with Gasteiger partial charge in [0, 0.05) is 16.6 Å². The Bertz CT molecular complexity index is 1400. The Balaban J connectivity index is 1.56. The fourth-order valence-corrected chi connectivity index (χ4v) is 4.08. The molecule has 6 nitrogen and oxygen atoms in total. The molecule has 1 N–H and O–H groups in total. The highest BCUT2D eigenvalue weighted by atomic mass is 32.1. The van der Waals surface area contributed by atoms with Crippen LogP contribution in [0.1, 0.15) is 16.1 Å². The number of fused-ring (bicyclic) bond motifs is 1. The predicted molar refractivity (Wildman–Crippen MR) is 120 cm³/mol. The molecule has 0 saturated heterocycles. The van der Waals surface area contributed by atoms with Crippen LogP contribution in [0, 0.1) is 18.6 Å². The summed E-state index contributed by atoms with van der Waals surface area (Å²) in [5.74, 6) is -0.425. The molecule has 4 aromatic heterocycles. The van der Waals surface area contributed by atoms with Gasteiger partial charge in [0.25, 0.3) is 0 Å². The van der Waals surface area contributed by atoms with Crippen LogP contribution >= 0.6 is 11.3 Å². The minimum atomic E-state index is -0.501. The van der Waals surface area contributed by atoms with Gasteiger partial charge in [-0.15, -0.1) is 11.3 Å². The van der Waals surface area contributed by atoms with Crippen molar-refractivity contribution >= 4 is 28.2 Å². The molecule has 0 saturated carbocycles. The van der Waals surface area contributed by atoms with Crippen molar-refractivity contribution in [2.45, 2.75) is 20.0 Å². The summed E-state index contributed by atoms with van der Waals surface area (Å²) in [6.07, 6.45) is 1.65. The first-order valence-electron chi connectivity index (χ1n) is 9.96. The maximum atomic E-state index is 14.7. The Kier molecular flexibility index (Phi) is 5.32. The average molecular weight is 449 g/mol. The minimum absolute atomic E-state index is 0.113. The lowest BCUT2D eigenvalue weighted by Crippen LogP contribution is -2.08. The van der Waals surface area contributed by atoms with E-state index in [1.807, 2.05) is 23.6 Å². The van der Waals surface area contributed by atoms with Gasteiger partial charge in [-0.1, -0.05) is 24.3 Å². The van der Waals surface area contributed by atoms with E-state index in [1.54, 1.807) is 53.4 Å². The van der Waals surface area contributed by atoms with E-state index in [2.05, 4.69) is 25.4 Å². The van der Waals surface area contributed by atoms with Crippen LogP contribution in [0.2, 0.25) is 0 Å². The molecule has 0 aliphatic heterocycles. The van der Waals surface area contributed by atoms with E-state index in [-0.39, 0.29) is 29.7 Å². The highest BCUT2D eigenvalue weighted by molar-refractivity contribution is 7.09. The molecular formula is C23H18F2N6S. The molecule has 0 fully saturated rings. The number of nitrogens with one attached hydrogen (secondary N) is 1. The summed E-state index contributed by atoms with van der Waals surface area (Å²) in [6, 6.07) is 14.1. The molecule has 5 aromatic rings. The summed E-state index contributed by atoms with van der Waals surface area (Å²) in [5, 5.41) is 10.4. The van der Waals surface area contributed by atoms with Crippen molar-refractivity contribution in [3.05, 3.63) is 87.9 Å². The lowest BCUT2D eigenvalue weighted by atomic mass is 10.2. The number of nitrogens with zero attached hydrogens (tertiary/aromatic N) is 5. The summed E-state index contributed by atoms with van der Waals surface area (Å²) in [5.41, 5.74) is 1.74. The number of benzene rings is 1. The number of halogens is 2. The van der Waals surface area contributed by atoms with Gasteiger partial charge in [-0.3, -0.25) is 0 Å². The number of hydrogen-bond acceptors (Lipinski definition) is 6. The van der Waals surface area contributed by atoms with Crippen LogP contribution in [0.4, 0.5) is 14.6 Å². The highest BCUT2D eigenvalue weighted by Gasteiger charge is 2.20. The van der Waals surface area contributed by atoms with Crippen molar-refractivity contribution in [3.63, 3.8) is 0 Å². The van der Waals surface area contributed by atoms with Gasteiger partial charge in [-0.25, -0.2) is 28.4 Å². The van der Waals surface area contributed by atoms with Crippen molar-refractivity contribution in [1.82, 2.24) is 24.7 Å². The number of thiophene rings is 1. The van der Waals surface area contributed by atoms with Crippen molar-refractivity contribution in [1.29, 1.82) is 0 Å². The van der Waals surface area contributed by atoms with Gasteiger partial charge in [0.1, 0.15) is 11.5 Å². The Hall–Kier alpha value is -3.72. The van der Waals surface area contributed by atoms with Crippen molar-refractivity contribution in [3.8, 4) is 11.5 Å². The quantitative estimate of drug-likeness (QED) is 0.387. The number of hydrogen-bond donors (Lipinski definition) is 1. The predicted octanol–water partition coefficient (Wildman–Crippen LogP) is 5.20. The zero-order chi connectivity index (χ0) is 22.1. The molecule has 0 unspecified atom stereocenters. The Morgan fingerprint density at radius 3 is 2.72 bits per heavy atom. The molecule has 160 valence electrons. The highest BCUT2D eigenvalue weighted by Crippen LogP contribution is 2.28. The Morgan fingerprint density at radius 1 is 1.03 bits per heavy atom. The third kappa shape index (κ3) is 3.82. The number of rotatable bonds is 6. The van der Waals surface area contributed by atoms with Crippen molar-refractivity contribution < 1.29 is 8.78 Å². The van der Waals surface area contributed by atoms with Gasteiger partial charge < -0.3 is 5.32 Å². The zero-order valence-electron chi connectivity index (χ0n) is 17.1. The summed E-state index contributed by atoms with van der Waals surface area (Å²) in [7, 11) is 0. The molecule has 0 atom stereocenters. The third-order valence-electron chi connectivity index (χ3n) is 5.02. The Labute approximate surface area is 186 Å². The normalized spacial score (nSPS) is 11.2. The summed E-state index contributed by atoms with van der Waals surface area (Å²) < 4.78 is 30.5. The molecule has 4 heterocycles. The minimum Gasteiger partial charge on any atom is -0.363 e. The third-order valence-corrected chi connectivity index (χ3v) is 5.90. The maximum Gasteiger partial charge on any atom is 0.186 e. The second-order valence-electron chi connectivity index (χ2n) is 7.20. The van der Waals surface area contributed by atoms with Gasteiger partial charge in [0.2, 0.25) is 0 Å². The smallest absolute Gasteiger partial charge is 0.186 e. The fraction of sp³-hybridized carbons (Fsp3) is 0.130. The molecule has 5 rings (SSSR count). The first-order valence-corrected chi connectivity index (χ1v) is 10.8. The molecule has 0 bridgehead atoms. The van der Waals surface area contributed by atoms with Crippen LogP contribution in [0.25, 0.3) is 22.6 Å². The van der Waals surface area contributed by atoms with E-state index in [1.165, 1.54) is 6.07 Å². The first kappa shape index (κ1) is 20.2. The molecule has 0 radical (unpaired) electrons. The average Bonchev–Trinajstić information content (AvgIpc) is 3.45. The van der Waals surface area contributed by atoms with Crippen LogP contribution in [-0.4, -0.2) is 24.7 Å². The van der Waals surface area contributed by atoms with Gasteiger partial charge in [-0.2, -0.15) is 5.10 Å². The van der Waals surface area contributed by atoms with E-state index < -0.39 is 5.82 Å². The fourth-order valence-electron chi connectivity index (χ4n) is 3.44. The van der Waals surface area contributed by atoms with Gasteiger partial charge >= 0.3 is 0 Å². The molecule has 0 aliphatic carbocycles. The number of pyridine rings is 1. The SMILES string of the molecule is Cc1nc(-c2nn(Cc3ccccc3F)c3ncccc23)nc(NCc2cccs2)c1F. The molecule has 9 heteroatoms. The van der Waals surface area contributed by atoms with Crippen LogP contribution < -0.4 is 5.32 Å². The second-order valence-corrected chi connectivity index (χ2v) is 8.23. The van der Waals surface area contributed by atoms with Crippen molar-refractivity contribution in [2.24, 2.45) is 0 Å². The largest absolute Gasteiger partial charge is 0.363 e. The summed E-state index contributed by atoms with van der Waals surface area (Å²) in [6.45, 7) is 2.24. The second kappa shape index (κ2) is 8.43. The molecule has 1 aromatic carbocycles. The zero-order valence-corrected chi connectivity index (χ0v) is 17.9. The van der Waals surface area contributed by atoms with E-state index in [0.717, 1.165) is 4.88 Å². The Morgan fingerprint density at radius 2 is 1.91 bits per heavy atom. The van der Waals surface area contributed by atoms with Gasteiger partial charge in [0.15, 0.2) is 23.1 Å². The lowest BCUT2D eigenvalue weighted by molar-refractivity contribution is 0.589. The first-order chi connectivity index (χ1) is 15.6. The molecule has 0 aliphatic rings. The van der Waals surface area contributed by atoms with Crippen LogP contribution in [0.5, 0.6) is 0 Å². The van der Waals surface area contributed by atoms with Crippen LogP contribution in [-0.2, 0) is 13.1 Å².